The van der Waals surface area contributed by atoms with E-state index < -0.39 is 0 Å². The van der Waals surface area contributed by atoms with E-state index in [9.17, 15) is 0 Å². The number of benzene rings is 1. The van der Waals surface area contributed by atoms with Gasteiger partial charge >= 0.3 is 0 Å². The fourth-order valence-electron chi connectivity index (χ4n) is 1.42. The van der Waals surface area contributed by atoms with E-state index >= 15 is 0 Å². The number of nitrogen functional groups attached to an aromatic ring is 1. The van der Waals surface area contributed by atoms with Gasteiger partial charge in [0.1, 0.15) is 0 Å². The third-order valence-electron chi connectivity index (χ3n) is 2.21. The van der Waals surface area contributed by atoms with Crippen LogP contribution in [0, 0.1) is 6.92 Å². The van der Waals surface area contributed by atoms with Gasteiger partial charge in [0, 0.05) is 16.4 Å². The van der Waals surface area contributed by atoms with Crippen LogP contribution in [-0.2, 0) is 0 Å². The first-order valence-electron chi connectivity index (χ1n) is 4.89. The molecule has 0 aliphatic carbocycles. The summed E-state index contributed by atoms with van der Waals surface area (Å²) in [4.78, 5) is 4.02. The lowest BCUT2D eigenvalue weighted by Gasteiger charge is -2.08. The number of hydrogen-bond acceptors (Lipinski definition) is 3. The minimum Gasteiger partial charge on any atom is -0.397 e. The van der Waals surface area contributed by atoms with Crippen LogP contribution in [0.2, 0.25) is 0 Å². The molecule has 3 N–H and O–H groups in total. The molecule has 0 radical (unpaired) electrons. The average molecular weight is 278 g/mol. The van der Waals surface area contributed by atoms with E-state index in [-0.39, 0.29) is 0 Å². The maximum absolute atomic E-state index is 5.66. The molecule has 16 heavy (non-hydrogen) atoms. The molecule has 0 bridgehead atoms. The number of nitrogens with zero attached hydrogens (tertiary/aromatic N) is 1. The van der Waals surface area contributed by atoms with Crippen LogP contribution in [0.1, 0.15) is 5.56 Å². The first kappa shape index (κ1) is 11.0. The molecule has 4 heteroatoms. The molecule has 82 valence electrons. The Kier molecular flexibility index (Phi) is 3.10. The van der Waals surface area contributed by atoms with E-state index in [0.717, 1.165) is 15.8 Å². The number of hydrogen-bond donors (Lipinski definition) is 2. The lowest BCUT2D eigenvalue weighted by Crippen LogP contribution is -1.94. The first-order valence-corrected chi connectivity index (χ1v) is 5.68. The molecule has 0 amide bonds. The SMILES string of the molecule is Cc1cc(Nc2cncc(N)c2)ccc1Br. The summed E-state index contributed by atoms with van der Waals surface area (Å²) in [6.45, 7) is 2.05. The molecule has 1 heterocycles. The van der Waals surface area contributed by atoms with Crippen LogP contribution in [0.25, 0.3) is 0 Å². The molecular formula is C12H12BrN3. The zero-order chi connectivity index (χ0) is 11.5. The van der Waals surface area contributed by atoms with Crippen LogP contribution in [0.3, 0.4) is 0 Å². The lowest BCUT2D eigenvalue weighted by molar-refractivity contribution is 1.32. The maximum Gasteiger partial charge on any atom is 0.0591 e. The van der Waals surface area contributed by atoms with Gasteiger partial charge in [-0.25, -0.2) is 0 Å². The molecule has 0 aliphatic rings. The van der Waals surface area contributed by atoms with Crippen molar-refractivity contribution in [2.75, 3.05) is 11.1 Å². The molecule has 0 saturated carbocycles. The quantitative estimate of drug-likeness (QED) is 0.884. The molecule has 3 nitrogen and oxygen atoms in total. The number of aryl methyl sites for hydroxylation is 1. The van der Waals surface area contributed by atoms with E-state index in [0.29, 0.717) is 5.69 Å². The van der Waals surface area contributed by atoms with Crippen molar-refractivity contribution in [1.29, 1.82) is 0 Å². The highest BCUT2D eigenvalue weighted by molar-refractivity contribution is 9.10. The number of halogens is 1. The summed E-state index contributed by atoms with van der Waals surface area (Å²) in [5.41, 5.74) is 9.40. The Morgan fingerprint density at radius 3 is 2.69 bits per heavy atom. The van der Waals surface area contributed by atoms with Crippen molar-refractivity contribution in [3.63, 3.8) is 0 Å². The van der Waals surface area contributed by atoms with Gasteiger partial charge in [-0.05, 0) is 36.8 Å². The largest absolute Gasteiger partial charge is 0.397 e. The first-order chi connectivity index (χ1) is 7.65. The summed E-state index contributed by atoms with van der Waals surface area (Å²) in [6, 6.07) is 7.93. The van der Waals surface area contributed by atoms with Gasteiger partial charge in [-0.15, -0.1) is 0 Å². The van der Waals surface area contributed by atoms with Gasteiger partial charge in [-0.3, -0.25) is 4.98 Å². The summed E-state index contributed by atoms with van der Waals surface area (Å²) in [5.74, 6) is 0. The maximum atomic E-state index is 5.66. The Labute approximate surface area is 103 Å². The lowest BCUT2D eigenvalue weighted by atomic mass is 10.2. The van der Waals surface area contributed by atoms with Crippen LogP contribution < -0.4 is 11.1 Å². The molecule has 0 aliphatic heterocycles. The summed E-state index contributed by atoms with van der Waals surface area (Å²) < 4.78 is 1.10. The molecule has 1 aromatic heterocycles. The molecule has 1 aromatic carbocycles. The van der Waals surface area contributed by atoms with E-state index in [1.165, 1.54) is 5.56 Å². The highest BCUT2D eigenvalue weighted by atomic mass is 79.9. The van der Waals surface area contributed by atoms with Crippen molar-refractivity contribution in [2.24, 2.45) is 0 Å². The normalized spacial score (nSPS) is 10.1. The molecule has 0 unspecified atom stereocenters. The number of aromatic nitrogens is 1. The van der Waals surface area contributed by atoms with Crippen molar-refractivity contribution < 1.29 is 0 Å². The minimum absolute atomic E-state index is 0.652. The van der Waals surface area contributed by atoms with Crippen LogP contribution in [0.15, 0.2) is 41.1 Å². The summed E-state index contributed by atoms with van der Waals surface area (Å²) >= 11 is 3.47. The van der Waals surface area contributed by atoms with Crippen LogP contribution in [0.4, 0.5) is 17.1 Å². The smallest absolute Gasteiger partial charge is 0.0591 e. The molecule has 0 atom stereocenters. The van der Waals surface area contributed by atoms with E-state index in [1.54, 1.807) is 12.4 Å². The zero-order valence-corrected chi connectivity index (χ0v) is 10.5. The van der Waals surface area contributed by atoms with Crippen molar-refractivity contribution in [1.82, 2.24) is 4.98 Å². The predicted molar refractivity (Wildman–Crippen MR) is 70.8 cm³/mol. The monoisotopic (exact) mass is 277 g/mol. The van der Waals surface area contributed by atoms with Crippen molar-refractivity contribution in [2.45, 2.75) is 6.92 Å². The predicted octanol–water partition coefficient (Wildman–Crippen LogP) is 3.48. The number of anilines is 3. The van der Waals surface area contributed by atoms with Gasteiger partial charge in [0.2, 0.25) is 0 Å². The topological polar surface area (TPSA) is 50.9 Å². The molecule has 0 saturated heterocycles. The second-order valence-corrected chi connectivity index (χ2v) is 4.45. The van der Waals surface area contributed by atoms with Gasteiger partial charge in [0.05, 0.1) is 17.6 Å². The minimum atomic E-state index is 0.652. The molecule has 0 spiro atoms. The second-order valence-electron chi connectivity index (χ2n) is 3.60. The molecule has 0 fully saturated rings. The molecule has 2 aromatic rings. The van der Waals surface area contributed by atoms with Gasteiger partial charge in [-0.2, -0.15) is 0 Å². The Morgan fingerprint density at radius 2 is 2.00 bits per heavy atom. The standard InChI is InChI=1S/C12H12BrN3/c1-8-4-10(2-3-12(8)13)16-11-5-9(14)6-15-7-11/h2-7,16H,14H2,1H3. The van der Waals surface area contributed by atoms with Gasteiger partial charge in [0.15, 0.2) is 0 Å². The summed E-state index contributed by atoms with van der Waals surface area (Å²) in [5, 5.41) is 3.25. The number of rotatable bonds is 2. The third kappa shape index (κ3) is 2.52. The van der Waals surface area contributed by atoms with Gasteiger partial charge in [-0.1, -0.05) is 15.9 Å². The number of nitrogens with one attached hydrogen (secondary N) is 1. The highest BCUT2D eigenvalue weighted by Crippen LogP contribution is 2.23. The fourth-order valence-corrected chi connectivity index (χ4v) is 1.66. The van der Waals surface area contributed by atoms with Crippen LogP contribution in [0.5, 0.6) is 0 Å². The fraction of sp³-hybridized carbons (Fsp3) is 0.0833. The Balaban J connectivity index is 2.24. The van der Waals surface area contributed by atoms with Crippen LogP contribution in [-0.4, -0.2) is 4.98 Å². The number of pyridine rings is 1. The molecular weight excluding hydrogens is 266 g/mol. The van der Waals surface area contributed by atoms with E-state index in [2.05, 4.69) is 32.3 Å². The Bertz CT molecular complexity index is 511. The Morgan fingerprint density at radius 1 is 1.19 bits per heavy atom. The van der Waals surface area contributed by atoms with Gasteiger partial charge < -0.3 is 11.1 Å². The Hall–Kier alpha value is -1.55. The zero-order valence-electron chi connectivity index (χ0n) is 8.87. The summed E-state index contributed by atoms with van der Waals surface area (Å²) in [7, 11) is 0. The van der Waals surface area contributed by atoms with Crippen molar-refractivity contribution in [3.8, 4) is 0 Å². The van der Waals surface area contributed by atoms with Crippen molar-refractivity contribution in [3.05, 3.63) is 46.7 Å². The molecule has 2 rings (SSSR count). The summed E-state index contributed by atoms with van der Waals surface area (Å²) in [6.07, 6.45) is 3.37. The highest BCUT2D eigenvalue weighted by Gasteiger charge is 1.98. The van der Waals surface area contributed by atoms with E-state index in [1.807, 2.05) is 25.1 Å². The average Bonchev–Trinajstić information content (AvgIpc) is 2.24. The number of nitrogens with two attached hydrogens (primary N) is 1. The van der Waals surface area contributed by atoms with Crippen molar-refractivity contribution >= 4 is 33.0 Å². The second kappa shape index (κ2) is 4.53. The third-order valence-corrected chi connectivity index (χ3v) is 3.10. The van der Waals surface area contributed by atoms with E-state index in [4.69, 9.17) is 5.73 Å². The van der Waals surface area contributed by atoms with Crippen LogP contribution >= 0.6 is 15.9 Å². The van der Waals surface area contributed by atoms with Gasteiger partial charge in [0.25, 0.3) is 0 Å².